The molecule has 1 amide bonds. The largest absolute Gasteiger partial charge is 0.465 e. The van der Waals surface area contributed by atoms with E-state index in [-0.39, 0.29) is 17.6 Å². The molecule has 2 rings (SSSR count). The summed E-state index contributed by atoms with van der Waals surface area (Å²) in [6.07, 6.45) is 0.691. The Kier molecular flexibility index (Phi) is 7.11. The van der Waals surface area contributed by atoms with Crippen molar-refractivity contribution < 1.29 is 23.9 Å². The van der Waals surface area contributed by atoms with Crippen LogP contribution in [0.5, 0.6) is 5.75 Å². The molecule has 0 saturated heterocycles. The molecular formula is C21H23NO5. The molecule has 27 heavy (non-hydrogen) atoms. The summed E-state index contributed by atoms with van der Waals surface area (Å²) in [4.78, 5) is 36.5. The maximum atomic E-state index is 12.6. The van der Waals surface area contributed by atoms with Gasteiger partial charge in [-0.2, -0.15) is 0 Å². The summed E-state index contributed by atoms with van der Waals surface area (Å²) in [5.74, 6) is -1.19. The summed E-state index contributed by atoms with van der Waals surface area (Å²) in [5, 5.41) is 2.76. The number of hydrogen-bond acceptors (Lipinski definition) is 5. The van der Waals surface area contributed by atoms with Crippen molar-refractivity contribution in [3.05, 3.63) is 65.7 Å². The van der Waals surface area contributed by atoms with Gasteiger partial charge in [-0.25, -0.2) is 9.59 Å². The van der Waals surface area contributed by atoms with E-state index < -0.39 is 18.0 Å². The van der Waals surface area contributed by atoms with Gasteiger partial charge in [-0.1, -0.05) is 38.5 Å². The van der Waals surface area contributed by atoms with Crippen LogP contribution in [0.2, 0.25) is 0 Å². The summed E-state index contributed by atoms with van der Waals surface area (Å²) in [7, 11) is 1.29. The molecule has 0 aliphatic heterocycles. The van der Waals surface area contributed by atoms with E-state index in [9.17, 15) is 14.4 Å². The molecule has 1 N–H and O–H groups in total. The first-order valence-corrected chi connectivity index (χ1v) is 8.72. The highest BCUT2D eigenvalue weighted by molar-refractivity contribution is 5.97. The van der Waals surface area contributed by atoms with Crippen LogP contribution in [0.25, 0.3) is 0 Å². The molecule has 6 nitrogen and oxygen atoms in total. The first-order chi connectivity index (χ1) is 13.0. The maximum absolute atomic E-state index is 12.6. The lowest BCUT2D eigenvalue weighted by Crippen LogP contribution is -2.47. The number of esters is 2. The van der Waals surface area contributed by atoms with Crippen molar-refractivity contribution in [3.8, 4) is 5.75 Å². The van der Waals surface area contributed by atoms with Gasteiger partial charge in [-0.3, -0.25) is 4.79 Å². The van der Waals surface area contributed by atoms with Crippen LogP contribution in [0.3, 0.4) is 0 Å². The molecule has 0 spiro atoms. The Labute approximate surface area is 158 Å². The smallest absolute Gasteiger partial charge is 0.337 e. The molecular weight excluding hydrogens is 346 g/mol. The van der Waals surface area contributed by atoms with Gasteiger partial charge in [0.15, 0.2) is 0 Å². The van der Waals surface area contributed by atoms with Crippen molar-refractivity contribution in [2.24, 2.45) is 5.92 Å². The topological polar surface area (TPSA) is 81.7 Å². The normalized spacial score (nSPS) is 12.6. The second-order valence-corrected chi connectivity index (χ2v) is 6.14. The van der Waals surface area contributed by atoms with Gasteiger partial charge in [0.05, 0.1) is 12.7 Å². The number of carbonyl (C=O) groups is 3. The second-order valence-electron chi connectivity index (χ2n) is 6.14. The molecule has 2 aromatic carbocycles. The number of ether oxygens (including phenoxy) is 2. The maximum Gasteiger partial charge on any atom is 0.337 e. The van der Waals surface area contributed by atoms with Gasteiger partial charge in [0.2, 0.25) is 0 Å². The Morgan fingerprint density at radius 1 is 0.963 bits per heavy atom. The lowest BCUT2D eigenvalue weighted by Gasteiger charge is -2.22. The van der Waals surface area contributed by atoms with Crippen LogP contribution in [0.1, 0.15) is 41.0 Å². The molecule has 2 atom stereocenters. The van der Waals surface area contributed by atoms with Gasteiger partial charge in [0.1, 0.15) is 11.8 Å². The summed E-state index contributed by atoms with van der Waals surface area (Å²) < 4.78 is 10.0. The molecule has 0 unspecified atom stereocenters. The van der Waals surface area contributed by atoms with Crippen LogP contribution in [0.4, 0.5) is 0 Å². The highest BCUT2D eigenvalue weighted by Crippen LogP contribution is 2.17. The number of rotatable bonds is 7. The van der Waals surface area contributed by atoms with E-state index in [2.05, 4.69) is 10.1 Å². The van der Waals surface area contributed by atoms with Crippen LogP contribution in [-0.2, 0) is 9.53 Å². The molecule has 6 heteroatoms. The molecule has 0 bridgehead atoms. The van der Waals surface area contributed by atoms with E-state index in [0.717, 1.165) is 0 Å². The number of amides is 1. The molecule has 142 valence electrons. The average Bonchev–Trinajstić information content (AvgIpc) is 2.71. The lowest BCUT2D eigenvalue weighted by molar-refractivity contribution is -0.137. The zero-order valence-electron chi connectivity index (χ0n) is 15.6. The fraction of sp³-hybridized carbons (Fsp3) is 0.286. The number of benzene rings is 2. The SMILES string of the molecule is CC[C@H](C)[C@H](NC(=O)c1ccccc1)C(=O)Oc1ccc(C(=O)OC)cc1. The molecule has 2 aromatic rings. The predicted molar refractivity (Wildman–Crippen MR) is 101 cm³/mol. The Hall–Kier alpha value is -3.15. The van der Waals surface area contributed by atoms with Gasteiger partial charge < -0.3 is 14.8 Å². The Bertz CT molecular complexity index is 786. The standard InChI is InChI=1S/C21H23NO5/c1-4-14(2)18(22-19(23)15-8-6-5-7-9-15)21(25)27-17-12-10-16(11-13-17)20(24)26-3/h5-14,18H,4H2,1-3H3,(H,22,23)/t14-,18-/m0/s1. The Morgan fingerprint density at radius 3 is 2.15 bits per heavy atom. The van der Waals surface area contributed by atoms with Crippen molar-refractivity contribution >= 4 is 17.8 Å². The monoisotopic (exact) mass is 369 g/mol. The van der Waals surface area contributed by atoms with Gasteiger partial charge in [-0.15, -0.1) is 0 Å². The van der Waals surface area contributed by atoms with E-state index in [1.54, 1.807) is 24.3 Å². The number of methoxy groups -OCH3 is 1. The average molecular weight is 369 g/mol. The molecule has 0 fully saturated rings. The number of nitrogens with one attached hydrogen (secondary N) is 1. The quantitative estimate of drug-likeness (QED) is 0.599. The minimum atomic E-state index is -0.789. The number of hydrogen-bond donors (Lipinski definition) is 1. The first-order valence-electron chi connectivity index (χ1n) is 8.72. The summed E-state index contributed by atoms with van der Waals surface area (Å²) in [6.45, 7) is 3.81. The Morgan fingerprint density at radius 2 is 1.59 bits per heavy atom. The zero-order valence-corrected chi connectivity index (χ0v) is 15.6. The highest BCUT2D eigenvalue weighted by Gasteiger charge is 2.28. The van der Waals surface area contributed by atoms with Crippen molar-refractivity contribution in [2.45, 2.75) is 26.3 Å². The lowest BCUT2D eigenvalue weighted by atomic mass is 9.98. The molecule has 0 radical (unpaired) electrons. The third-order valence-electron chi connectivity index (χ3n) is 4.28. The molecule has 0 saturated carbocycles. The first kappa shape index (κ1) is 20.2. The van der Waals surface area contributed by atoms with Crippen LogP contribution in [-0.4, -0.2) is 31.0 Å². The molecule has 0 aromatic heterocycles. The predicted octanol–water partition coefficient (Wildman–Crippen LogP) is 3.22. The van der Waals surface area contributed by atoms with Gasteiger partial charge in [-0.05, 0) is 42.3 Å². The fourth-order valence-electron chi connectivity index (χ4n) is 2.44. The van der Waals surface area contributed by atoms with Gasteiger partial charge in [0.25, 0.3) is 5.91 Å². The van der Waals surface area contributed by atoms with Crippen LogP contribution in [0, 0.1) is 5.92 Å². The van der Waals surface area contributed by atoms with Crippen molar-refractivity contribution in [1.82, 2.24) is 5.32 Å². The fourth-order valence-corrected chi connectivity index (χ4v) is 2.44. The van der Waals surface area contributed by atoms with E-state index in [1.807, 2.05) is 19.9 Å². The summed E-state index contributed by atoms with van der Waals surface area (Å²) in [5.41, 5.74) is 0.828. The minimum absolute atomic E-state index is 0.112. The zero-order chi connectivity index (χ0) is 19.8. The van der Waals surface area contributed by atoms with Crippen molar-refractivity contribution in [2.75, 3.05) is 7.11 Å². The van der Waals surface area contributed by atoms with Crippen molar-refractivity contribution in [3.63, 3.8) is 0 Å². The van der Waals surface area contributed by atoms with Crippen LogP contribution < -0.4 is 10.1 Å². The van der Waals surface area contributed by atoms with Gasteiger partial charge >= 0.3 is 11.9 Å². The van der Waals surface area contributed by atoms with Gasteiger partial charge in [0, 0.05) is 5.56 Å². The summed E-state index contributed by atoms with van der Waals surface area (Å²) >= 11 is 0. The number of carbonyl (C=O) groups excluding carboxylic acids is 3. The van der Waals surface area contributed by atoms with Crippen molar-refractivity contribution in [1.29, 1.82) is 0 Å². The third kappa shape index (κ3) is 5.41. The summed E-state index contributed by atoms with van der Waals surface area (Å²) in [6, 6.07) is 13.9. The van der Waals surface area contributed by atoms with E-state index in [1.165, 1.54) is 31.4 Å². The molecule has 0 heterocycles. The second kappa shape index (κ2) is 9.52. The van der Waals surface area contributed by atoms with E-state index >= 15 is 0 Å². The molecule has 0 aliphatic carbocycles. The van der Waals surface area contributed by atoms with Crippen LogP contribution in [0.15, 0.2) is 54.6 Å². The third-order valence-corrected chi connectivity index (χ3v) is 4.28. The Balaban J connectivity index is 2.10. The highest BCUT2D eigenvalue weighted by atomic mass is 16.5. The van der Waals surface area contributed by atoms with Crippen LogP contribution >= 0.6 is 0 Å². The molecule has 0 aliphatic rings. The van der Waals surface area contributed by atoms with E-state index in [0.29, 0.717) is 17.5 Å². The van der Waals surface area contributed by atoms with E-state index in [4.69, 9.17) is 4.74 Å². The minimum Gasteiger partial charge on any atom is -0.465 e.